The van der Waals surface area contributed by atoms with Gasteiger partial charge in [0.1, 0.15) is 12.1 Å². The number of fused-ring (bicyclic) bond motifs is 3. The molecule has 2 aliphatic carbocycles. The molecular weight excluding hydrogens is 546 g/mol. The highest BCUT2D eigenvalue weighted by Gasteiger charge is 2.70. The Balaban J connectivity index is 1.62. The molecule has 0 spiro atoms. The van der Waals surface area contributed by atoms with Gasteiger partial charge in [-0.2, -0.15) is 0 Å². The third kappa shape index (κ3) is 7.54. The van der Waals surface area contributed by atoms with E-state index in [-0.39, 0.29) is 34.7 Å². The zero-order chi connectivity index (χ0) is 31.6. The second-order valence-corrected chi connectivity index (χ2v) is 15.3. The molecule has 4 aliphatic rings. The number of amides is 5. The SMILES string of the molecule is CC1(NC(=O)N[C@H]2C(=O)N3C[C@H]4[C@@H]([C@H]3C(=O)N[C@@H](C(=O)C(N)=O)CCCCCCCCCC2(C)C)C4(C)C)CCCCC1. The van der Waals surface area contributed by atoms with Crippen LogP contribution in [0.15, 0.2) is 0 Å². The summed E-state index contributed by atoms with van der Waals surface area (Å²) in [7, 11) is 0. The number of hydrogen-bond donors (Lipinski definition) is 4. The molecular formula is C33H55N5O5. The molecule has 2 saturated carbocycles. The zero-order valence-electron chi connectivity index (χ0n) is 27.1. The van der Waals surface area contributed by atoms with E-state index in [1.165, 1.54) is 0 Å². The van der Waals surface area contributed by atoms with E-state index in [0.29, 0.717) is 19.4 Å². The molecule has 2 saturated heterocycles. The average Bonchev–Trinajstić information content (AvgIpc) is 3.25. The summed E-state index contributed by atoms with van der Waals surface area (Å²) in [5.74, 6) is -2.49. The van der Waals surface area contributed by atoms with Crippen molar-refractivity contribution in [3.8, 4) is 0 Å². The Morgan fingerprint density at radius 3 is 2.02 bits per heavy atom. The Labute approximate surface area is 257 Å². The number of rotatable bonds is 4. The third-order valence-corrected chi connectivity index (χ3v) is 11.1. The van der Waals surface area contributed by atoms with Gasteiger partial charge in [-0.1, -0.05) is 91.9 Å². The Bertz CT molecular complexity index is 1080. The molecule has 4 rings (SSSR count). The Morgan fingerprint density at radius 1 is 0.837 bits per heavy atom. The molecule has 5 N–H and O–H groups in total. The third-order valence-electron chi connectivity index (χ3n) is 11.1. The lowest BCUT2D eigenvalue weighted by Gasteiger charge is -2.41. The molecule has 0 aromatic rings. The smallest absolute Gasteiger partial charge is 0.315 e. The standard InChI is InChI=1S/C33H55N5O5/c1-31(2)17-13-10-8-6-7-9-12-16-22(25(39)27(34)40)35-28(41)24-23-21(32(23,3)4)20-38(24)29(42)26(31)36-30(43)37-33(5)18-14-11-15-19-33/h21-24,26H,6-20H2,1-5H3,(H2,34,40)(H,35,41)(H2,36,37,43)/t21-,22+,23-,24-,26-/m0/s1. The van der Waals surface area contributed by atoms with E-state index in [2.05, 4.69) is 36.7 Å². The molecule has 4 fully saturated rings. The molecule has 0 bridgehead atoms. The van der Waals surface area contributed by atoms with Crippen LogP contribution in [0.25, 0.3) is 0 Å². The van der Waals surface area contributed by atoms with Crippen LogP contribution in [-0.2, 0) is 19.2 Å². The van der Waals surface area contributed by atoms with E-state index in [9.17, 15) is 24.0 Å². The lowest BCUT2D eigenvalue weighted by molar-refractivity contribution is -0.145. The number of urea groups is 1. The molecule has 0 aromatic heterocycles. The van der Waals surface area contributed by atoms with Crippen LogP contribution in [0.3, 0.4) is 0 Å². The highest BCUT2D eigenvalue weighted by Crippen LogP contribution is 2.65. The van der Waals surface area contributed by atoms with Gasteiger partial charge in [0.2, 0.25) is 17.6 Å². The van der Waals surface area contributed by atoms with Gasteiger partial charge in [-0.05, 0) is 55.3 Å². The van der Waals surface area contributed by atoms with Gasteiger partial charge < -0.3 is 26.6 Å². The highest BCUT2D eigenvalue weighted by atomic mass is 16.2. The normalized spacial score (nSPS) is 32.8. The predicted octanol–water partition coefficient (Wildman–Crippen LogP) is 3.95. The monoisotopic (exact) mass is 601 g/mol. The molecule has 0 radical (unpaired) electrons. The van der Waals surface area contributed by atoms with Gasteiger partial charge in [-0.25, -0.2) is 4.79 Å². The first-order chi connectivity index (χ1) is 20.2. The summed E-state index contributed by atoms with van der Waals surface area (Å²) < 4.78 is 0. The molecule has 0 aromatic carbocycles. The maximum Gasteiger partial charge on any atom is 0.315 e. The van der Waals surface area contributed by atoms with Gasteiger partial charge in [0.05, 0.1) is 6.04 Å². The van der Waals surface area contributed by atoms with Gasteiger partial charge in [0.15, 0.2) is 0 Å². The summed E-state index contributed by atoms with van der Waals surface area (Å²) in [6.07, 6.45) is 12.9. The summed E-state index contributed by atoms with van der Waals surface area (Å²) in [5.41, 5.74) is 4.36. The van der Waals surface area contributed by atoms with Crippen LogP contribution in [0.4, 0.5) is 4.79 Å². The number of nitrogens with two attached hydrogens (primary N) is 1. The van der Waals surface area contributed by atoms with Crippen LogP contribution in [0.1, 0.15) is 125 Å². The Hall–Kier alpha value is -2.65. The number of ketones is 1. The molecule has 5 amide bonds. The van der Waals surface area contributed by atoms with Crippen molar-refractivity contribution in [2.24, 2.45) is 28.4 Å². The molecule has 5 atom stereocenters. The van der Waals surface area contributed by atoms with Crippen LogP contribution in [0, 0.1) is 22.7 Å². The van der Waals surface area contributed by atoms with Crippen molar-refractivity contribution in [2.75, 3.05) is 6.54 Å². The van der Waals surface area contributed by atoms with Crippen molar-refractivity contribution in [1.29, 1.82) is 0 Å². The van der Waals surface area contributed by atoms with Crippen molar-refractivity contribution in [1.82, 2.24) is 20.9 Å². The van der Waals surface area contributed by atoms with E-state index >= 15 is 0 Å². The number of carbonyl (C=O) groups excluding carboxylic acids is 5. The maximum atomic E-state index is 14.5. The van der Waals surface area contributed by atoms with E-state index in [1.54, 1.807) is 4.90 Å². The van der Waals surface area contributed by atoms with Gasteiger partial charge in [-0.3, -0.25) is 19.2 Å². The van der Waals surface area contributed by atoms with Gasteiger partial charge in [0, 0.05) is 12.1 Å². The Morgan fingerprint density at radius 2 is 1.40 bits per heavy atom. The summed E-state index contributed by atoms with van der Waals surface area (Å²) in [5, 5.41) is 9.08. The van der Waals surface area contributed by atoms with E-state index in [0.717, 1.165) is 77.0 Å². The molecule has 0 unspecified atom stereocenters. The topological polar surface area (TPSA) is 151 Å². The number of Topliss-reactive ketones (excluding diaryl/α,β-unsaturated/α-hetero) is 1. The van der Waals surface area contributed by atoms with E-state index < -0.39 is 41.1 Å². The minimum absolute atomic E-state index is 0.0680. The van der Waals surface area contributed by atoms with Crippen LogP contribution in [0.5, 0.6) is 0 Å². The summed E-state index contributed by atoms with van der Waals surface area (Å²) in [6, 6.07) is -2.97. The summed E-state index contributed by atoms with van der Waals surface area (Å²) in [4.78, 5) is 68.1. The van der Waals surface area contributed by atoms with E-state index in [1.807, 2.05) is 13.8 Å². The first-order valence-electron chi connectivity index (χ1n) is 16.7. The summed E-state index contributed by atoms with van der Waals surface area (Å²) in [6.45, 7) is 10.7. The van der Waals surface area contributed by atoms with Crippen molar-refractivity contribution in [3.63, 3.8) is 0 Å². The highest BCUT2D eigenvalue weighted by molar-refractivity contribution is 6.37. The maximum absolute atomic E-state index is 14.5. The largest absolute Gasteiger partial charge is 0.363 e. The molecule has 2 heterocycles. The summed E-state index contributed by atoms with van der Waals surface area (Å²) >= 11 is 0. The van der Waals surface area contributed by atoms with Gasteiger partial charge in [0.25, 0.3) is 5.91 Å². The number of nitrogens with zero attached hydrogens (tertiary/aromatic N) is 1. The zero-order valence-corrected chi connectivity index (χ0v) is 27.1. The first kappa shape index (κ1) is 33.2. The van der Waals surface area contributed by atoms with Crippen molar-refractivity contribution >= 4 is 29.5 Å². The second kappa shape index (κ2) is 13.1. The quantitative estimate of drug-likeness (QED) is 0.360. The molecule has 10 nitrogen and oxygen atoms in total. The number of hydrogen-bond acceptors (Lipinski definition) is 5. The van der Waals surface area contributed by atoms with E-state index in [4.69, 9.17) is 5.73 Å². The van der Waals surface area contributed by atoms with Crippen LogP contribution in [0.2, 0.25) is 0 Å². The van der Waals surface area contributed by atoms with Crippen LogP contribution >= 0.6 is 0 Å². The molecule has 10 heteroatoms. The lowest BCUT2D eigenvalue weighted by Crippen LogP contribution is -2.63. The van der Waals surface area contributed by atoms with Crippen LogP contribution < -0.4 is 21.7 Å². The minimum atomic E-state index is -1.07. The number of primary amides is 1. The molecule has 43 heavy (non-hydrogen) atoms. The fraction of sp³-hybridized carbons (Fsp3) is 0.848. The predicted molar refractivity (Wildman–Crippen MR) is 165 cm³/mol. The minimum Gasteiger partial charge on any atom is -0.363 e. The molecule has 2 aliphatic heterocycles. The number of carbonyl (C=O) groups is 5. The second-order valence-electron chi connectivity index (χ2n) is 15.3. The van der Waals surface area contributed by atoms with Gasteiger partial charge >= 0.3 is 6.03 Å². The first-order valence-corrected chi connectivity index (χ1v) is 16.7. The van der Waals surface area contributed by atoms with Crippen molar-refractivity contribution in [2.45, 2.75) is 148 Å². The van der Waals surface area contributed by atoms with Crippen molar-refractivity contribution in [3.05, 3.63) is 0 Å². The fourth-order valence-corrected chi connectivity index (χ4v) is 8.12. The number of piperidine rings is 1. The average molecular weight is 602 g/mol. The fourth-order valence-electron chi connectivity index (χ4n) is 8.12. The van der Waals surface area contributed by atoms with Crippen LogP contribution in [-0.4, -0.2) is 64.6 Å². The lowest BCUT2D eigenvalue weighted by atomic mass is 9.78. The molecule has 242 valence electrons. The number of nitrogens with one attached hydrogen (secondary N) is 3. The van der Waals surface area contributed by atoms with Crippen molar-refractivity contribution < 1.29 is 24.0 Å². The van der Waals surface area contributed by atoms with Gasteiger partial charge in [-0.15, -0.1) is 0 Å². The Kier molecular flexibility index (Phi) is 10.2.